The molecule has 0 spiro atoms. The Labute approximate surface area is 217 Å². The molecule has 1 aliphatic heterocycles. The molecule has 2 aliphatic rings. The monoisotopic (exact) mass is 480 g/mol. The van der Waals surface area contributed by atoms with Crippen molar-refractivity contribution >= 4 is 44.5 Å². The zero-order chi connectivity index (χ0) is 24.8. The van der Waals surface area contributed by atoms with Crippen LogP contribution in [-0.4, -0.2) is 11.6 Å². The number of carbonyl (C=O) groups is 1. The van der Waals surface area contributed by atoms with Gasteiger partial charge in [-0.2, -0.15) is 0 Å². The molecular weight excluding hydrogens is 452 g/mol. The molecule has 1 heterocycles. The molecule has 5 aromatic rings. The van der Waals surface area contributed by atoms with E-state index in [1.807, 2.05) is 29.2 Å². The van der Waals surface area contributed by atoms with Crippen LogP contribution in [0.1, 0.15) is 30.4 Å². The number of para-hydroxylation sites is 2. The number of hydrogen-bond acceptors (Lipinski definition) is 2. The number of rotatable bonds is 4. The third-order valence-corrected chi connectivity index (χ3v) is 8.13. The first-order valence-corrected chi connectivity index (χ1v) is 13.1. The summed E-state index contributed by atoms with van der Waals surface area (Å²) in [6.07, 6.45) is 3.37. The lowest BCUT2D eigenvalue weighted by molar-refractivity contribution is -0.125. The maximum Gasteiger partial charge on any atom is 0.239 e. The highest BCUT2D eigenvalue weighted by Crippen LogP contribution is 2.47. The van der Waals surface area contributed by atoms with E-state index in [4.69, 9.17) is 4.99 Å². The topological polar surface area (TPSA) is 32.7 Å². The number of benzene rings is 5. The number of fused-ring (bicyclic) bond motifs is 4. The number of amides is 1. The fraction of sp³-hybridized carbons (Fsp3) is 0.176. The first kappa shape index (κ1) is 22.0. The van der Waals surface area contributed by atoms with Gasteiger partial charge in [0.15, 0.2) is 0 Å². The minimum Gasteiger partial charge on any atom is -0.305 e. The van der Waals surface area contributed by atoms with Crippen LogP contribution in [0.5, 0.6) is 0 Å². The highest BCUT2D eigenvalue weighted by atomic mass is 16.2. The number of carbonyl (C=O) groups excluding carboxylic acids is 1. The first-order valence-electron chi connectivity index (χ1n) is 13.1. The molecule has 1 aliphatic carbocycles. The lowest BCUT2D eigenvalue weighted by Crippen LogP contribution is -2.46. The van der Waals surface area contributed by atoms with E-state index in [0.717, 1.165) is 41.9 Å². The predicted octanol–water partition coefficient (Wildman–Crippen LogP) is 8.03. The number of hydrogen-bond donors (Lipinski definition) is 0. The third kappa shape index (κ3) is 3.74. The summed E-state index contributed by atoms with van der Waals surface area (Å²) in [6, 6.07) is 38.1. The Morgan fingerprint density at radius 3 is 2.08 bits per heavy atom. The van der Waals surface area contributed by atoms with Crippen molar-refractivity contribution in [2.45, 2.75) is 32.2 Å². The Hall–Kier alpha value is -4.24. The van der Waals surface area contributed by atoms with Crippen LogP contribution >= 0.6 is 0 Å². The van der Waals surface area contributed by atoms with Crippen LogP contribution in [-0.2, 0) is 17.8 Å². The van der Waals surface area contributed by atoms with Gasteiger partial charge in [-0.1, -0.05) is 91.0 Å². The average Bonchev–Trinajstić information content (AvgIpc) is 3.31. The van der Waals surface area contributed by atoms with E-state index in [1.165, 1.54) is 27.1 Å². The molecule has 37 heavy (non-hydrogen) atoms. The quantitative estimate of drug-likeness (QED) is 0.256. The van der Waals surface area contributed by atoms with Gasteiger partial charge in [-0.25, -0.2) is 0 Å². The van der Waals surface area contributed by atoms with E-state index in [9.17, 15) is 4.79 Å². The van der Waals surface area contributed by atoms with Crippen LogP contribution in [0.25, 0.3) is 21.5 Å². The van der Waals surface area contributed by atoms with Crippen molar-refractivity contribution in [2.75, 3.05) is 4.90 Å². The van der Waals surface area contributed by atoms with E-state index in [2.05, 4.69) is 84.9 Å². The predicted molar refractivity (Wildman–Crippen MR) is 153 cm³/mol. The second-order valence-electron chi connectivity index (χ2n) is 10.4. The Morgan fingerprint density at radius 2 is 1.32 bits per heavy atom. The summed E-state index contributed by atoms with van der Waals surface area (Å²) in [5, 5.41) is 4.84. The zero-order valence-corrected chi connectivity index (χ0v) is 20.7. The van der Waals surface area contributed by atoms with Crippen molar-refractivity contribution in [1.82, 2.24) is 0 Å². The van der Waals surface area contributed by atoms with Gasteiger partial charge in [-0.3, -0.25) is 9.79 Å². The van der Waals surface area contributed by atoms with E-state index >= 15 is 0 Å². The molecule has 0 saturated heterocycles. The minimum absolute atomic E-state index is 0.176. The van der Waals surface area contributed by atoms with Gasteiger partial charge in [0, 0.05) is 5.71 Å². The molecular formula is C34H28N2O. The van der Waals surface area contributed by atoms with Crippen molar-refractivity contribution in [1.29, 1.82) is 0 Å². The molecule has 3 nitrogen and oxygen atoms in total. The Morgan fingerprint density at radius 1 is 0.703 bits per heavy atom. The molecule has 7 rings (SSSR count). The van der Waals surface area contributed by atoms with E-state index < -0.39 is 5.41 Å². The summed E-state index contributed by atoms with van der Waals surface area (Å²) in [5.74, 6) is 0.176. The lowest BCUT2D eigenvalue weighted by atomic mass is 9.77. The molecule has 0 N–H and O–H groups in total. The number of anilines is 1. The molecule has 1 unspecified atom stereocenters. The van der Waals surface area contributed by atoms with Gasteiger partial charge in [0.25, 0.3) is 0 Å². The van der Waals surface area contributed by atoms with Gasteiger partial charge in [-0.05, 0) is 76.6 Å². The van der Waals surface area contributed by atoms with Gasteiger partial charge >= 0.3 is 0 Å². The van der Waals surface area contributed by atoms with Gasteiger partial charge in [0.05, 0.1) is 23.3 Å². The first-order chi connectivity index (χ1) is 18.2. The highest BCUT2D eigenvalue weighted by Gasteiger charge is 2.50. The average molecular weight is 481 g/mol. The second-order valence-corrected chi connectivity index (χ2v) is 10.4. The second kappa shape index (κ2) is 8.70. The Bertz CT molecular complexity index is 1700. The van der Waals surface area contributed by atoms with E-state index in [-0.39, 0.29) is 5.91 Å². The third-order valence-electron chi connectivity index (χ3n) is 8.13. The minimum atomic E-state index is -0.613. The summed E-state index contributed by atoms with van der Waals surface area (Å²) in [7, 11) is 0. The summed E-state index contributed by atoms with van der Waals surface area (Å²) in [4.78, 5) is 21.9. The molecule has 5 aromatic carbocycles. The SMILES string of the molecule is O=C1N(Cc2ccc3ccccc3c2)c2ccccc2N=C2CCCC12Cc1ccc2ccccc2c1. The number of nitrogens with zero attached hydrogens (tertiary/aromatic N) is 2. The molecule has 1 fully saturated rings. The molecule has 1 amide bonds. The van der Waals surface area contributed by atoms with Crippen LogP contribution < -0.4 is 4.90 Å². The molecule has 0 aromatic heterocycles. The molecule has 180 valence electrons. The summed E-state index contributed by atoms with van der Waals surface area (Å²) >= 11 is 0. The van der Waals surface area contributed by atoms with E-state index in [0.29, 0.717) is 13.0 Å². The van der Waals surface area contributed by atoms with Crippen LogP contribution in [0.2, 0.25) is 0 Å². The van der Waals surface area contributed by atoms with Crippen molar-refractivity contribution in [3.05, 3.63) is 120 Å². The summed E-state index contributed by atoms with van der Waals surface area (Å²) in [6.45, 7) is 0.531. The van der Waals surface area contributed by atoms with E-state index in [1.54, 1.807) is 0 Å². The van der Waals surface area contributed by atoms with Crippen LogP contribution in [0.4, 0.5) is 11.4 Å². The van der Waals surface area contributed by atoms with Crippen molar-refractivity contribution in [3.8, 4) is 0 Å². The highest BCUT2D eigenvalue weighted by molar-refractivity contribution is 6.18. The molecule has 1 saturated carbocycles. The van der Waals surface area contributed by atoms with Crippen molar-refractivity contribution < 1.29 is 4.79 Å². The molecule has 0 bridgehead atoms. The summed E-state index contributed by atoms with van der Waals surface area (Å²) < 4.78 is 0. The maximum absolute atomic E-state index is 14.7. The Kier molecular flexibility index (Phi) is 5.17. The van der Waals surface area contributed by atoms with Crippen LogP contribution in [0, 0.1) is 5.41 Å². The Balaban J connectivity index is 1.33. The molecule has 1 atom stereocenters. The normalized spacial score (nSPS) is 19.0. The molecule has 3 heteroatoms. The van der Waals surface area contributed by atoms with Crippen LogP contribution in [0.15, 0.2) is 114 Å². The number of aliphatic imine (C=N–C) groups is 1. The van der Waals surface area contributed by atoms with Gasteiger partial charge in [-0.15, -0.1) is 0 Å². The van der Waals surface area contributed by atoms with Gasteiger partial charge in [0.1, 0.15) is 0 Å². The zero-order valence-electron chi connectivity index (χ0n) is 20.7. The van der Waals surface area contributed by atoms with Gasteiger partial charge < -0.3 is 4.90 Å². The van der Waals surface area contributed by atoms with Crippen molar-refractivity contribution in [3.63, 3.8) is 0 Å². The standard InChI is InChI=1S/C34H28N2O/c37-33-34(22-24-15-17-26-8-1-3-10-28(26)20-24)19-7-14-32(34)35-30-12-5-6-13-31(30)36(33)23-25-16-18-27-9-2-4-11-29(27)21-25/h1-6,8-13,15-18,20-21H,7,14,19,22-23H2. The fourth-order valence-corrected chi connectivity index (χ4v) is 6.27. The van der Waals surface area contributed by atoms with Crippen LogP contribution in [0.3, 0.4) is 0 Å². The van der Waals surface area contributed by atoms with Crippen molar-refractivity contribution in [2.24, 2.45) is 10.4 Å². The summed E-state index contributed by atoms with van der Waals surface area (Å²) in [5.41, 5.74) is 4.55. The largest absolute Gasteiger partial charge is 0.305 e. The smallest absolute Gasteiger partial charge is 0.239 e. The lowest BCUT2D eigenvalue weighted by Gasteiger charge is -2.33. The fourth-order valence-electron chi connectivity index (χ4n) is 6.27. The molecule has 0 radical (unpaired) electrons. The maximum atomic E-state index is 14.7. The van der Waals surface area contributed by atoms with Gasteiger partial charge in [0.2, 0.25) is 5.91 Å².